The van der Waals surface area contributed by atoms with Crippen molar-refractivity contribution in [2.24, 2.45) is 5.92 Å². The minimum atomic E-state index is 0.714. The predicted molar refractivity (Wildman–Crippen MR) is 131 cm³/mol. The lowest BCUT2D eigenvalue weighted by atomic mass is 9.95. The van der Waals surface area contributed by atoms with Crippen molar-refractivity contribution < 1.29 is 0 Å². The fraction of sp³-hybridized carbons (Fsp3) is 0.423. The molecule has 5 nitrogen and oxygen atoms in total. The number of aryl methyl sites for hydroxylation is 1. The third-order valence-electron chi connectivity index (χ3n) is 6.28. The highest BCUT2D eigenvalue weighted by atomic mass is 32.2. The Morgan fingerprint density at radius 3 is 2.41 bits per heavy atom. The van der Waals surface area contributed by atoms with Crippen LogP contribution in [0.2, 0.25) is 0 Å². The number of pyridine rings is 1. The summed E-state index contributed by atoms with van der Waals surface area (Å²) in [5, 5.41) is 0.827. The highest BCUT2D eigenvalue weighted by molar-refractivity contribution is 7.98. The molecule has 4 rings (SSSR count). The molecule has 168 valence electrons. The smallest absolute Gasteiger partial charge is 0.187 e. The van der Waals surface area contributed by atoms with E-state index in [0.717, 1.165) is 31.3 Å². The van der Waals surface area contributed by atoms with E-state index in [9.17, 15) is 0 Å². The molecule has 0 saturated carbocycles. The number of rotatable bonds is 9. The van der Waals surface area contributed by atoms with Crippen LogP contribution in [0.4, 0.5) is 0 Å². The number of hydrogen-bond acceptors (Lipinski definition) is 6. The number of likely N-dealkylation sites (tertiary alicyclic amines) is 1. The fourth-order valence-corrected chi connectivity index (χ4v) is 4.76. The molecule has 1 aliphatic heterocycles. The molecule has 3 aromatic rings. The van der Waals surface area contributed by atoms with Crippen LogP contribution in [0.3, 0.4) is 0 Å². The molecule has 0 atom stereocenters. The molecule has 0 aliphatic carbocycles. The van der Waals surface area contributed by atoms with Crippen LogP contribution < -0.4 is 0 Å². The molecule has 0 unspecified atom stereocenters. The number of benzene rings is 1. The quantitative estimate of drug-likeness (QED) is 0.346. The molecule has 6 heteroatoms. The van der Waals surface area contributed by atoms with E-state index in [1.54, 1.807) is 11.8 Å². The molecular weight excluding hydrogens is 414 g/mol. The van der Waals surface area contributed by atoms with Gasteiger partial charge in [-0.3, -0.25) is 14.8 Å². The van der Waals surface area contributed by atoms with Crippen molar-refractivity contribution in [2.75, 3.05) is 25.9 Å². The van der Waals surface area contributed by atoms with E-state index in [2.05, 4.69) is 62.0 Å². The molecule has 3 heterocycles. The van der Waals surface area contributed by atoms with Crippen molar-refractivity contribution in [1.29, 1.82) is 0 Å². The van der Waals surface area contributed by atoms with Crippen LogP contribution in [0.25, 0.3) is 0 Å². The Bertz CT molecular complexity index is 955. The molecule has 0 spiro atoms. The van der Waals surface area contributed by atoms with Crippen LogP contribution in [0.1, 0.15) is 35.1 Å². The first-order valence-corrected chi connectivity index (χ1v) is 12.6. The van der Waals surface area contributed by atoms with E-state index in [0.29, 0.717) is 5.92 Å². The van der Waals surface area contributed by atoms with Gasteiger partial charge in [0, 0.05) is 56.5 Å². The van der Waals surface area contributed by atoms with E-state index in [1.165, 1.54) is 48.2 Å². The van der Waals surface area contributed by atoms with E-state index in [-0.39, 0.29) is 0 Å². The summed E-state index contributed by atoms with van der Waals surface area (Å²) in [6.45, 7) is 8.49. The van der Waals surface area contributed by atoms with Crippen molar-refractivity contribution in [1.82, 2.24) is 24.8 Å². The summed E-state index contributed by atoms with van der Waals surface area (Å²) >= 11 is 1.58. The molecule has 0 radical (unpaired) electrons. The number of thioether (sulfide) groups is 1. The largest absolute Gasteiger partial charge is 0.299 e. The van der Waals surface area contributed by atoms with Crippen molar-refractivity contribution in [2.45, 2.75) is 44.6 Å². The maximum Gasteiger partial charge on any atom is 0.187 e. The minimum Gasteiger partial charge on any atom is -0.299 e. The number of aromatic nitrogens is 3. The monoisotopic (exact) mass is 447 g/mol. The van der Waals surface area contributed by atoms with Gasteiger partial charge in [0.25, 0.3) is 0 Å². The second-order valence-corrected chi connectivity index (χ2v) is 9.53. The van der Waals surface area contributed by atoms with Gasteiger partial charge in [-0.15, -0.1) is 0 Å². The van der Waals surface area contributed by atoms with Crippen LogP contribution in [0, 0.1) is 12.8 Å². The number of piperidine rings is 1. The lowest BCUT2D eigenvalue weighted by Crippen LogP contribution is -2.38. The molecule has 1 saturated heterocycles. The van der Waals surface area contributed by atoms with E-state index in [1.807, 2.05) is 37.1 Å². The zero-order valence-electron chi connectivity index (χ0n) is 19.2. The van der Waals surface area contributed by atoms with Crippen molar-refractivity contribution in [3.8, 4) is 0 Å². The summed E-state index contributed by atoms with van der Waals surface area (Å²) in [4.78, 5) is 18.4. The SMILES string of the molecule is CSc1ncc(CN(Cc2cccnc2)CC2CCN(Cc3ccccc3C)CC2)cn1. The Labute approximate surface area is 196 Å². The zero-order chi connectivity index (χ0) is 22.2. The molecule has 0 N–H and O–H groups in total. The summed E-state index contributed by atoms with van der Waals surface area (Å²) in [5.74, 6) is 0.714. The Balaban J connectivity index is 1.35. The van der Waals surface area contributed by atoms with Crippen molar-refractivity contribution in [3.05, 3.63) is 83.4 Å². The fourth-order valence-electron chi connectivity index (χ4n) is 4.44. The first-order chi connectivity index (χ1) is 15.7. The van der Waals surface area contributed by atoms with E-state index in [4.69, 9.17) is 0 Å². The van der Waals surface area contributed by atoms with Crippen molar-refractivity contribution in [3.63, 3.8) is 0 Å². The van der Waals surface area contributed by atoms with Gasteiger partial charge >= 0.3 is 0 Å². The Kier molecular flexibility index (Phi) is 8.26. The number of nitrogens with zero attached hydrogens (tertiary/aromatic N) is 5. The Morgan fingerprint density at radius 1 is 0.969 bits per heavy atom. The van der Waals surface area contributed by atoms with Gasteiger partial charge in [0.1, 0.15) is 0 Å². The molecule has 32 heavy (non-hydrogen) atoms. The molecule has 0 amide bonds. The van der Waals surface area contributed by atoms with Crippen LogP contribution >= 0.6 is 11.8 Å². The molecule has 1 aromatic carbocycles. The van der Waals surface area contributed by atoms with Gasteiger partial charge in [0.05, 0.1) is 0 Å². The Morgan fingerprint density at radius 2 is 1.72 bits per heavy atom. The highest BCUT2D eigenvalue weighted by Crippen LogP contribution is 2.23. The zero-order valence-corrected chi connectivity index (χ0v) is 20.0. The van der Waals surface area contributed by atoms with Crippen LogP contribution in [0.15, 0.2) is 66.3 Å². The van der Waals surface area contributed by atoms with Crippen LogP contribution in [0.5, 0.6) is 0 Å². The third kappa shape index (κ3) is 6.61. The van der Waals surface area contributed by atoms with Gasteiger partial charge in [-0.05, 0) is 67.8 Å². The third-order valence-corrected chi connectivity index (χ3v) is 6.85. The van der Waals surface area contributed by atoms with Gasteiger partial charge in [0.2, 0.25) is 0 Å². The van der Waals surface area contributed by atoms with E-state index < -0.39 is 0 Å². The lowest BCUT2D eigenvalue weighted by Gasteiger charge is -2.35. The van der Waals surface area contributed by atoms with Gasteiger partial charge in [0.15, 0.2) is 5.16 Å². The highest BCUT2D eigenvalue weighted by Gasteiger charge is 2.22. The summed E-state index contributed by atoms with van der Waals surface area (Å²) in [5.41, 5.74) is 5.28. The van der Waals surface area contributed by atoms with Gasteiger partial charge in [-0.25, -0.2) is 9.97 Å². The van der Waals surface area contributed by atoms with Gasteiger partial charge in [-0.2, -0.15) is 0 Å². The summed E-state index contributed by atoms with van der Waals surface area (Å²) < 4.78 is 0. The van der Waals surface area contributed by atoms with Gasteiger partial charge < -0.3 is 0 Å². The number of hydrogen-bond donors (Lipinski definition) is 0. The second-order valence-electron chi connectivity index (χ2n) is 8.75. The second kappa shape index (κ2) is 11.5. The minimum absolute atomic E-state index is 0.714. The first-order valence-electron chi connectivity index (χ1n) is 11.4. The maximum absolute atomic E-state index is 4.47. The Hall–Kier alpha value is -2.28. The van der Waals surface area contributed by atoms with Crippen molar-refractivity contribution >= 4 is 11.8 Å². The average molecular weight is 448 g/mol. The molecular formula is C26H33N5S. The maximum atomic E-state index is 4.47. The summed E-state index contributed by atoms with van der Waals surface area (Å²) in [7, 11) is 0. The predicted octanol–water partition coefficient (Wildman–Crippen LogP) is 4.82. The molecule has 1 aliphatic rings. The molecule has 0 bridgehead atoms. The average Bonchev–Trinajstić information content (AvgIpc) is 2.83. The standard InChI is InChI=1S/C26H33N5S/c1-21-6-3-4-8-25(21)20-30-12-9-22(10-13-30)17-31(18-23-7-5-11-27-14-23)19-24-15-28-26(32-2)29-16-24/h3-8,11,14-16,22H,9-10,12-13,17-20H2,1-2H3. The molecule has 2 aromatic heterocycles. The summed E-state index contributed by atoms with van der Waals surface area (Å²) in [6.07, 6.45) is 12.3. The van der Waals surface area contributed by atoms with Crippen LogP contribution in [-0.2, 0) is 19.6 Å². The topological polar surface area (TPSA) is 45.2 Å². The lowest BCUT2D eigenvalue weighted by molar-refractivity contribution is 0.131. The summed E-state index contributed by atoms with van der Waals surface area (Å²) in [6, 6.07) is 12.9. The normalized spacial score (nSPS) is 15.3. The van der Waals surface area contributed by atoms with E-state index >= 15 is 0 Å². The molecule has 1 fully saturated rings. The van der Waals surface area contributed by atoms with Gasteiger partial charge in [-0.1, -0.05) is 42.1 Å². The van der Waals surface area contributed by atoms with Crippen LogP contribution in [-0.4, -0.2) is 50.6 Å². The first kappa shape index (κ1) is 22.9.